The minimum absolute atomic E-state index is 0.0134. The van der Waals surface area contributed by atoms with Crippen LogP contribution >= 0.6 is 0 Å². The number of aromatic nitrogens is 1. The SMILES string of the molecule is COC(OC)c1nc2c(cc1C=O)C(C)(C)CCN2. The molecule has 0 unspecified atom stereocenters. The lowest BCUT2D eigenvalue weighted by atomic mass is 9.79. The highest BCUT2D eigenvalue weighted by Crippen LogP contribution is 2.37. The molecule has 1 aromatic rings. The van der Waals surface area contributed by atoms with Crippen molar-refractivity contribution < 1.29 is 14.3 Å². The molecule has 0 spiro atoms. The van der Waals surface area contributed by atoms with Gasteiger partial charge in [0.2, 0.25) is 6.29 Å². The Morgan fingerprint density at radius 2 is 2.11 bits per heavy atom. The van der Waals surface area contributed by atoms with Gasteiger partial charge in [0.1, 0.15) is 11.5 Å². The summed E-state index contributed by atoms with van der Waals surface area (Å²) in [5.41, 5.74) is 2.11. The van der Waals surface area contributed by atoms with E-state index in [1.807, 2.05) is 6.07 Å². The van der Waals surface area contributed by atoms with E-state index in [2.05, 4.69) is 24.1 Å². The van der Waals surface area contributed by atoms with Gasteiger partial charge in [-0.05, 0) is 17.9 Å². The molecular formula is C14H20N2O3. The molecule has 2 rings (SSSR count). The lowest BCUT2D eigenvalue weighted by Crippen LogP contribution is -2.30. The maximum Gasteiger partial charge on any atom is 0.201 e. The third-order valence-electron chi connectivity index (χ3n) is 3.63. The fraction of sp³-hybridized carbons (Fsp3) is 0.571. The number of aldehydes is 1. The van der Waals surface area contributed by atoms with Gasteiger partial charge in [-0.25, -0.2) is 4.98 Å². The Kier molecular flexibility index (Phi) is 3.87. The van der Waals surface area contributed by atoms with Crippen molar-refractivity contribution in [1.29, 1.82) is 0 Å². The van der Waals surface area contributed by atoms with Crippen LogP contribution in [-0.4, -0.2) is 32.0 Å². The van der Waals surface area contributed by atoms with Crippen LogP contribution in [-0.2, 0) is 14.9 Å². The molecule has 19 heavy (non-hydrogen) atoms. The molecule has 0 atom stereocenters. The van der Waals surface area contributed by atoms with E-state index < -0.39 is 6.29 Å². The molecule has 104 valence electrons. The zero-order chi connectivity index (χ0) is 14.0. The lowest BCUT2D eigenvalue weighted by molar-refractivity contribution is -0.108. The van der Waals surface area contributed by atoms with Gasteiger partial charge >= 0.3 is 0 Å². The van der Waals surface area contributed by atoms with Crippen molar-refractivity contribution in [1.82, 2.24) is 4.98 Å². The first-order chi connectivity index (χ1) is 9.03. The van der Waals surface area contributed by atoms with E-state index in [-0.39, 0.29) is 5.41 Å². The third-order valence-corrected chi connectivity index (χ3v) is 3.63. The Morgan fingerprint density at radius 3 is 2.68 bits per heavy atom. The van der Waals surface area contributed by atoms with Crippen molar-refractivity contribution in [3.63, 3.8) is 0 Å². The zero-order valence-corrected chi connectivity index (χ0v) is 11.8. The fourth-order valence-electron chi connectivity index (χ4n) is 2.42. The molecular weight excluding hydrogens is 244 g/mol. The van der Waals surface area contributed by atoms with Crippen molar-refractivity contribution in [2.75, 3.05) is 26.1 Å². The van der Waals surface area contributed by atoms with E-state index in [0.29, 0.717) is 11.3 Å². The van der Waals surface area contributed by atoms with Crippen LogP contribution in [0.25, 0.3) is 0 Å². The molecule has 0 aliphatic carbocycles. The predicted molar refractivity (Wildman–Crippen MR) is 72.5 cm³/mol. The number of fused-ring (bicyclic) bond motifs is 1. The molecule has 0 saturated heterocycles. The summed E-state index contributed by atoms with van der Waals surface area (Å²) in [7, 11) is 3.06. The number of methoxy groups -OCH3 is 2. The van der Waals surface area contributed by atoms with Crippen LogP contribution in [0.3, 0.4) is 0 Å². The molecule has 0 bridgehead atoms. The van der Waals surface area contributed by atoms with Crippen molar-refractivity contribution >= 4 is 12.1 Å². The molecule has 1 aliphatic rings. The summed E-state index contributed by atoms with van der Waals surface area (Å²) in [6, 6.07) is 1.89. The van der Waals surface area contributed by atoms with Crippen molar-refractivity contribution in [2.24, 2.45) is 0 Å². The van der Waals surface area contributed by atoms with Crippen LogP contribution in [0.4, 0.5) is 5.82 Å². The Labute approximate surface area is 113 Å². The van der Waals surface area contributed by atoms with Crippen molar-refractivity contribution in [3.05, 3.63) is 22.9 Å². The lowest BCUT2D eigenvalue weighted by Gasteiger charge is -2.33. The number of hydrogen-bond acceptors (Lipinski definition) is 5. The molecule has 0 amide bonds. The fourth-order valence-corrected chi connectivity index (χ4v) is 2.42. The normalized spacial score (nSPS) is 16.9. The summed E-state index contributed by atoms with van der Waals surface area (Å²) in [6.45, 7) is 5.19. The number of carbonyl (C=O) groups is 1. The molecule has 0 aromatic carbocycles. The van der Waals surface area contributed by atoms with Crippen LogP contribution in [0.5, 0.6) is 0 Å². The van der Waals surface area contributed by atoms with Gasteiger partial charge in [0.15, 0.2) is 6.29 Å². The second-order valence-electron chi connectivity index (χ2n) is 5.34. The molecule has 5 nitrogen and oxygen atoms in total. The highest BCUT2D eigenvalue weighted by atomic mass is 16.7. The topological polar surface area (TPSA) is 60.5 Å². The number of rotatable bonds is 4. The largest absolute Gasteiger partial charge is 0.370 e. The summed E-state index contributed by atoms with van der Waals surface area (Å²) >= 11 is 0. The molecule has 1 aromatic heterocycles. The van der Waals surface area contributed by atoms with Gasteiger partial charge in [0.25, 0.3) is 0 Å². The van der Waals surface area contributed by atoms with E-state index in [9.17, 15) is 4.79 Å². The Morgan fingerprint density at radius 1 is 1.42 bits per heavy atom. The molecule has 1 aliphatic heterocycles. The maximum atomic E-state index is 11.3. The van der Waals surface area contributed by atoms with Crippen LogP contribution in [0.2, 0.25) is 0 Å². The zero-order valence-electron chi connectivity index (χ0n) is 11.8. The highest BCUT2D eigenvalue weighted by molar-refractivity contribution is 5.78. The number of hydrogen-bond donors (Lipinski definition) is 1. The third kappa shape index (κ3) is 2.48. The number of nitrogens with one attached hydrogen (secondary N) is 1. The van der Waals surface area contributed by atoms with E-state index >= 15 is 0 Å². The number of anilines is 1. The molecule has 0 saturated carbocycles. The van der Waals surface area contributed by atoms with Crippen molar-refractivity contribution in [3.8, 4) is 0 Å². The second kappa shape index (κ2) is 5.27. The first-order valence-electron chi connectivity index (χ1n) is 6.33. The summed E-state index contributed by atoms with van der Waals surface area (Å²) in [4.78, 5) is 15.8. The van der Waals surface area contributed by atoms with Crippen LogP contribution in [0.1, 0.15) is 48.2 Å². The number of ether oxygens (including phenoxy) is 2. The summed E-state index contributed by atoms with van der Waals surface area (Å²) in [6.07, 6.45) is 1.19. The molecule has 0 radical (unpaired) electrons. The average molecular weight is 264 g/mol. The first-order valence-corrected chi connectivity index (χ1v) is 6.33. The maximum absolute atomic E-state index is 11.3. The Balaban J connectivity index is 2.56. The average Bonchev–Trinajstić information content (AvgIpc) is 2.39. The molecule has 2 heterocycles. The summed E-state index contributed by atoms with van der Waals surface area (Å²) in [5.74, 6) is 0.816. The van der Waals surface area contributed by atoms with Gasteiger partial charge in [-0.2, -0.15) is 0 Å². The number of pyridine rings is 1. The Hall–Kier alpha value is -1.46. The summed E-state index contributed by atoms with van der Waals surface area (Å²) < 4.78 is 10.4. The van der Waals surface area contributed by atoms with E-state index in [1.165, 1.54) is 14.2 Å². The summed E-state index contributed by atoms with van der Waals surface area (Å²) in [5, 5.41) is 3.27. The minimum atomic E-state index is -0.627. The van der Waals surface area contributed by atoms with Gasteiger partial charge in [-0.15, -0.1) is 0 Å². The van der Waals surface area contributed by atoms with E-state index in [4.69, 9.17) is 9.47 Å². The number of carbonyl (C=O) groups excluding carboxylic acids is 1. The monoisotopic (exact) mass is 264 g/mol. The standard InChI is InChI=1S/C14H20N2O3/c1-14(2)5-6-15-12-10(14)7-9(8-17)11(16-12)13(18-3)19-4/h7-8,13H,5-6H2,1-4H3,(H,15,16). The van der Waals surface area contributed by atoms with Crippen molar-refractivity contribution in [2.45, 2.75) is 32.0 Å². The van der Waals surface area contributed by atoms with E-state index in [1.54, 1.807) is 0 Å². The second-order valence-corrected chi connectivity index (χ2v) is 5.34. The molecule has 0 fully saturated rings. The van der Waals surface area contributed by atoms with Gasteiger partial charge in [-0.1, -0.05) is 13.8 Å². The number of nitrogens with zero attached hydrogens (tertiary/aromatic N) is 1. The Bertz CT molecular complexity index is 482. The predicted octanol–water partition coefficient (Wildman–Crippen LogP) is 2.28. The highest BCUT2D eigenvalue weighted by Gasteiger charge is 2.30. The van der Waals surface area contributed by atoms with Crippen LogP contribution < -0.4 is 5.32 Å². The van der Waals surface area contributed by atoms with Gasteiger partial charge in [0, 0.05) is 31.9 Å². The van der Waals surface area contributed by atoms with Crippen LogP contribution in [0.15, 0.2) is 6.07 Å². The molecule has 5 heteroatoms. The van der Waals surface area contributed by atoms with E-state index in [0.717, 1.165) is 30.6 Å². The minimum Gasteiger partial charge on any atom is -0.370 e. The van der Waals surface area contributed by atoms with Gasteiger partial charge in [-0.3, -0.25) is 4.79 Å². The first kappa shape index (κ1) is 14.0. The molecule has 1 N–H and O–H groups in total. The van der Waals surface area contributed by atoms with Crippen LogP contribution in [0, 0.1) is 0 Å². The van der Waals surface area contributed by atoms with Gasteiger partial charge in [0.05, 0.1) is 0 Å². The van der Waals surface area contributed by atoms with Gasteiger partial charge < -0.3 is 14.8 Å². The quantitative estimate of drug-likeness (QED) is 0.667. The smallest absolute Gasteiger partial charge is 0.201 e.